The minimum Gasteiger partial charge on any atom is -0.368 e. The molecule has 1 amide bonds. The molecule has 0 unspecified atom stereocenters. The van der Waals surface area contributed by atoms with Gasteiger partial charge in [0.25, 0.3) is 0 Å². The van der Waals surface area contributed by atoms with Gasteiger partial charge in [-0.3, -0.25) is 9.69 Å². The molecule has 12 heavy (non-hydrogen) atoms. The number of primary amides is 1. The van der Waals surface area contributed by atoms with E-state index in [1.54, 1.807) is 0 Å². The Morgan fingerprint density at radius 3 is 2.75 bits per heavy atom. The topological polar surface area (TPSA) is 49.6 Å². The van der Waals surface area contributed by atoms with Crippen LogP contribution in [-0.4, -0.2) is 55.0 Å². The first-order valence-electron chi connectivity index (χ1n) is 4.37. The van der Waals surface area contributed by atoms with Gasteiger partial charge in [0.05, 0.1) is 0 Å². The molecule has 1 heterocycles. The van der Waals surface area contributed by atoms with Crippen LogP contribution in [-0.2, 0) is 4.79 Å². The molecule has 0 bridgehead atoms. The maximum atomic E-state index is 11.0. The molecule has 1 aliphatic rings. The van der Waals surface area contributed by atoms with Crippen molar-refractivity contribution in [1.82, 2.24) is 9.80 Å². The number of nitrogens with zero attached hydrogens (tertiary/aromatic N) is 2. The predicted molar refractivity (Wildman–Crippen MR) is 47.7 cm³/mol. The Morgan fingerprint density at radius 2 is 2.25 bits per heavy atom. The molecule has 1 aliphatic heterocycles. The zero-order valence-corrected chi connectivity index (χ0v) is 7.79. The molecule has 0 radical (unpaired) electrons. The molecule has 0 aromatic rings. The number of likely N-dealkylation sites (N-methyl/N-ethyl adjacent to an activating group) is 2. The second-order valence-corrected chi connectivity index (χ2v) is 3.31. The van der Waals surface area contributed by atoms with Crippen molar-refractivity contribution in [3.8, 4) is 0 Å². The van der Waals surface area contributed by atoms with E-state index in [0.29, 0.717) is 0 Å². The number of piperazine rings is 1. The van der Waals surface area contributed by atoms with E-state index in [1.807, 2.05) is 7.05 Å². The molecule has 0 spiro atoms. The van der Waals surface area contributed by atoms with Gasteiger partial charge in [0, 0.05) is 19.6 Å². The molecule has 2 N–H and O–H groups in total. The molecular weight excluding hydrogens is 154 g/mol. The molecule has 0 saturated carbocycles. The molecule has 0 aromatic carbocycles. The third kappa shape index (κ3) is 1.95. The van der Waals surface area contributed by atoms with Crippen molar-refractivity contribution in [2.45, 2.75) is 13.0 Å². The number of rotatable bonds is 2. The number of nitrogens with two attached hydrogens (primary N) is 1. The number of hydrogen-bond donors (Lipinski definition) is 1. The molecule has 1 rings (SSSR count). The van der Waals surface area contributed by atoms with Crippen molar-refractivity contribution >= 4 is 5.91 Å². The highest BCUT2D eigenvalue weighted by molar-refractivity contribution is 5.80. The van der Waals surface area contributed by atoms with Gasteiger partial charge in [-0.05, 0) is 13.6 Å². The molecule has 1 fully saturated rings. The Hall–Kier alpha value is -0.610. The Kier molecular flexibility index (Phi) is 3.05. The van der Waals surface area contributed by atoms with E-state index in [9.17, 15) is 4.79 Å². The van der Waals surface area contributed by atoms with Gasteiger partial charge in [0.15, 0.2) is 0 Å². The van der Waals surface area contributed by atoms with Gasteiger partial charge in [0.2, 0.25) is 5.91 Å². The summed E-state index contributed by atoms with van der Waals surface area (Å²) in [4.78, 5) is 15.3. The zero-order valence-electron chi connectivity index (χ0n) is 7.79. The SMILES string of the molecule is CCN1CCN(C)C[C@H]1C(N)=O. The average Bonchev–Trinajstić information content (AvgIpc) is 2.04. The lowest BCUT2D eigenvalue weighted by Gasteiger charge is -2.37. The van der Waals surface area contributed by atoms with E-state index in [2.05, 4.69) is 16.7 Å². The highest BCUT2D eigenvalue weighted by Crippen LogP contribution is 2.06. The normalized spacial score (nSPS) is 27.3. The van der Waals surface area contributed by atoms with Gasteiger partial charge < -0.3 is 10.6 Å². The summed E-state index contributed by atoms with van der Waals surface area (Å²) in [6.07, 6.45) is 0. The van der Waals surface area contributed by atoms with Gasteiger partial charge in [-0.25, -0.2) is 0 Å². The van der Waals surface area contributed by atoms with E-state index in [0.717, 1.165) is 26.2 Å². The van der Waals surface area contributed by atoms with Gasteiger partial charge in [-0.1, -0.05) is 6.92 Å². The summed E-state index contributed by atoms with van der Waals surface area (Å²) in [7, 11) is 2.02. The minimum absolute atomic E-state index is 0.0891. The van der Waals surface area contributed by atoms with Crippen molar-refractivity contribution in [2.24, 2.45) is 5.73 Å². The van der Waals surface area contributed by atoms with Crippen molar-refractivity contribution in [3.05, 3.63) is 0 Å². The Bertz CT molecular complexity index is 172. The summed E-state index contributed by atoms with van der Waals surface area (Å²) in [5, 5.41) is 0. The minimum atomic E-state index is -0.205. The van der Waals surface area contributed by atoms with Gasteiger partial charge in [-0.2, -0.15) is 0 Å². The standard InChI is InChI=1S/C8H17N3O/c1-3-11-5-4-10(2)6-7(11)8(9)12/h7H,3-6H2,1-2H3,(H2,9,12)/t7-/m0/s1. The lowest BCUT2D eigenvalue weighted by molar-refractivity contribution is -0.125. The highest BCUT2D eigenvalue weighted by Gasteiger charge is 2.27. The fourth-order valence-corrected chi connectivity index (χ4v) is 1.61. The van der Waals surface area contributed by atoms with Crippen LogP contribution < -0.4 is 5.73 Å². The zero-order chi connectivity index (χ0) is 9.14. The van der Waals surface area contributed by atoms with Crippen LogP contribution in [0.1, 0.15) is 6.92 Å². The summed E-state index contributed by atoms with van der Waals surface area (Å²) >= 11 is 0. The molecule has 70 valence electrons. The van der Waals surface area contributed by atoms with Gasteiger partial charge in [-0.15, -0.1) is 0 Å². The van der Waals surface area contributed by atoms with E-state index in [-0.39, 0.29) is 11.9 Å². The molecule has 0 aromatic heterocycles. The maximum absolute atomic E-state index is 11.0. The monoisotopic (exact) mass is 171 g/mol. The third-order valence-electron chi connectivity index (χ3n) is 2.43. The first-order chi connectivity index (χ1) is 5.65. The second kappa shape index (κ2) is 3.87. The first kappa shape index (κ1) is 9.48. The van der Waals surface area contributed by atoms with Crippen LogP contribution in [0.5, 0.6) is 0 Å². The third-order valence-corrected chi connectivity index (χ3v) is 2.43. The van der Waals surface area contributed by atoms with Crippen molar-refractivity contribution < 1.29 is 4.79 Å². The number of amides is 1. The summed E-state index contributed by atoms with van der Waals surface area (Å²) in [6, 6.07) is -0.0891. The quantitative estimate of drug-likeness (QED) is 0.586. The number of hydrogen-bond acceptors (Lipinski definition) is 3. The molecule has 1 atom stereocenters. The summed E-state index contributed by atoms with van der Waals surface area (Å²) < 4.78 is 0. The maximum Gasteiger partial charge on any atom is 0.236 e. The van der Waals surface area contributed by atoms with Crippen LogP contribution in [0.2, 0.25) is 0 Å². The number of carbonyl (C=O) groups excluding carboxylic acids is 1. The molecule has 4 heteroatoms. The second-order valence-electron chi connectivity index (χ2n) is 3.31. The average molecular weight is 171 g/mol. The fraction of sp³-hybridized carbons (Fsp3) is 0.875. The molecule has 1 saturated heterocycles. The van der Waals surface area contributed by atoms with Gasteiger partial charge >= 0.3 is 0 Å². The molecular formula is C8H17N3O. The van der Waals surface area contributed by atoms with Crippen LogP contribution in [0.25, 0.3) is 0 Å². The predicted octanol–water partition coefficient (Wildman–Crippen LogP) is -0.892. The Labute approximate surface area is 73.3 Å². The molecule has 0 aliphatic carbocycles. The van der Waals surface area contributed by atoms with Crippen LogP contribution in [0, 0.1) is 0 Å². The van der Waals surface area contributed by atoms with Crippen LogP contribution >= 0.6 is 0 Å². The summed E-state index contributed by atoms with van der Waals surface area (Å²) in [5.74, 6) is -0.205. The number of carbonyl (C=O) groups is 1. The Morgan fingerprint density at radius 1 is 1.58 bits per heavy atom. The molecule has 4 nitrogen and oxygen atoms in total. The lowest BCUT2D eigenvalue weighted by atomic mass is 10.1. The van der Waals surface area contributed by atoms with Crippen LogP contribution in [0.15, 0.2) is 0 Å². The highest BCUT2D eigenvalue weighted by atomic mass is 16.1. The van der Waals surface area contributed by atoms with Crippen molar-refractivity contribution in [3.63, 3.8) is 0 Å². The van der Waals surface area contributed by atoms with Crippen LogP contribution in [0.3, 0.4) is 0 Å². The van der Waals surface area contributed by atoms with E-state index < -0.39 is 0 Å². The first-order valence-corrected chi connectivity index (χ1v) is 4.37. The fourth-order valence-electron chi connectivity index (χ4n) is 1.61. The van der Waals surface area contributed by atoms with E-state index >= 15 is 0 Å². The van der Waals surface area contributed by atoms with Crippen molar-refractivity contribution in [2.75, 3.05) is 33.2 Å². The van der Waals surface area contributed by atoms with Crippen molar-refractivity contribution in [1.29, 1.82) is 0 Å². The summed E-state index contributed by atoms with van der Waals surface area (Å²) in [6.45, 7) is 5.70. The largest absolute Gasteiger partial charge is 0.368 e. The lowest BCUT2D eigenvalue weighted by Crippen LogP contribution is -2.56. The van der Waals surface area contributed by atoms with E-state index in [4.69, 9.17) is 5.73 Å². The summed E-state index contributed by atoms with van der Waals surface area (Å²) in [5.41, 5.74) is 5.29. The van der Waals surface area contributed by atoms with Crippen LogP contribution in [0.4, 0.5) is 0 Å². The van der Waals surface area contributed by atoms with E-state index in [1.165, 1.54) is 0 Å². The smallest absolute Gasteiger partial charge is 0.236 e. The van der Waals surface area contributed by atoms with Gasteiger partial charge in [0.1, 0.15) is 6.04 Å². The Balaban J connectivity index is 2.58.